The number of carbonyl (C=O) groups is 1. The first-order chi connectivity index (χ1) is 8.58. The zero-order chi connectivity index (χ0) is 13.5. The molecule has 0 heterocycles. The van der Waals surface area contributed by atoms with Gasteiger partial charge in [-0.3, -0.25) is 4.79 Å². The van der Waals surface area contributed by atoms with Crippen molar-refractivity contribution in [2.45, 2.75) is 20.8 Å². The van der Waals surface area contributed by atoms with Crippen LogP contribution in [-0.4, -0.2) is 26.2 Å². The van der Waals surface area contributed by atoms with Crippen LogP contribution in [0.1, 0.15) is 31.1 Å². The van der Waals surface area contributed by atoms with Crippen LogP contribution in [-0.2, 0) is 0 Å². The highest BCUT2D eigenvalue weighted by atomic mass is 16.5. The summed E-state index contributed by atoms with van der Waals surface area (Å²) in [6, 6.07) is 5.19. The van der Waals surface area contributed by atoms with Gasteiger partial charge in [0.25, 0.3) is 5.91 Å². The molecule has 0 saturated heterocycles. The van der Waals surface area contributed by atoms with Crippen molar-refractivity contribution in [3.63, 3.8) is 0 Å². The van der Waals surface area contributed by atoms with Gasteiger partial charge in [-0.05, 0) is 31.0 Å². The van der Waals surface area contributed by atoms with Crippen LogP contribution in [0, 0.1) is 5.92 Å². The molecule has 1 aromatic rings. The van der Waals surface area contributed by atoms with E-state index < -0.39 is 0 Å². The minimum Gasteiger partial charge on any atom is -0.493 e. The number of rotatable bonds is 6. The summed E-state index contributed by atoms with van der Waals surface area (Å²) in [5.74, 6) is 1.57. The van der Waals surface area contributed by atoms with E-state index in [4.69, 9.17) is 9.47 Å². The third-order valence-electron chi connectivity index (χ3n) is 2.40. The van der Waals surface area contributed by atoms with E-state index in [1.54, 1.807) is 25.3 Å². The van der Waals surface area contributed by atoms with Gasteiger partial charge in [0.2, 0.25) is 0 Å². The topological polar surface area (TPSA) is 47.6 Å². The van der Waals surface area contributed by atoms with Crippen LogP contribution in [0.25, 0.3) is 0 Å². The number of carbonyl (C=O) groups excluding carboxylic acids is 1. The molecule has 0 unspecified atom stereocenters. The summed E-state index contributed by atoms with van der Waals surface area (Å²) in [5.41, 5.74) is 0.580. The Bertz CT molecular complexity index is 402. The van der Waals surface area contributed by atoms with Gasteiger partial charge >= 0.3 is 0 Å². The molecule has 18 heavy (non-hydrogen) atoms. The van der Waals surface area contributed by atoms with Gasteiger partial charge in [0.15, 0.2) is 11.5 Å². The molecule has 0 saturated carbocycles. The van der Waals surface area contributed by atoms with Crippen LogP contribution in [0.5, 0.6) is 11.5 Å². The van der Waals surface area contributed by atoms with E-state index in [0.717, 1.165) is 0 Å². The average Bonchev–Trinajstić information content (AvgIpc) is 2.36. The first-order valence-electron chi connectivity index (χ1n) is 6.17. The molecule has 1 amide bonds. The van der Waals surface area contributed by atoms with Crippen LogP contribution in [0.3, 0.4) is 0 Å². The quantitative estimate of drug-likeness (QED) is 0.845. The zero-order valence-corrected chi connectivity index (χ0v) is 11.4. The fourth-order valence-electron chi connectivity index (χ4n) is 1.48. The molecule has 0 fully saturated rings. The Morgan fingerprint density at radius 1 is 1.33 bits per heavy atom. The lowest BCUT2D eigenvalue weighted by Gasteiger charge is -2.12. The number of nitrogens with one attached hydrogen (secondary N) is 1. The van der Waals surface area contributed by atoms with Crippen LogP contribution in [0.2, 0.25) is 0 Å². The van der Waals surface area contributed by atoms with E-state index in [1.165, 1.54) is 0 Å². The van der Waals surface area contributed by atoms with Crippen molar-refractivity contribution in [2.75, 3.05) is 20.3 Å². The lowest BCUT2D eigenvalue weighted by molar-refractivity contribution is 0.0948. The molecule has 0 atom stereocenters. The Morgan fingerprint density at radius 2 is 2.06 bits per heavy atom. The Morgan fingerprint density at radius 3 is 2.61 bits per heavy atom. The maximum Gasteiger partial charge on any atom is 0.251 e. The van der Waals surface area contributed by atoms with E-state index in [0.29, 0.717) is 36.1 Å². The van der Waals surface area contributed by atoms with Gasteiger partial charge in [0.05, 0.1) is 13.7 Å². The summed E-state index contributed by atoms with van der Waals surface area (Å²) in [6.07, 6.45) is 0. The smallest absolute Gasteiger partial charge is 0.251 e. The van der Waals surface area contributed by atoms with E-state index in [9.17, 15) is 4.79 Å². The summed E-state index contributed by atoms with van der Waals surface area (Å²) >= 11 is 0. The van der Waals surface area contributed by atoms with Crippen LogP contribution in [0.15, 0.2) is 18.2 Å². The number of methoxy groups -OCH3 is 1. The molecule has 0 bridgehead atoms. The average molecular weight is 251 g/mol. The third-order valence-corrected chi connectivity index (χ3v) is 2.40. The van der Waals surface area contributed by atoms with Gasteiger partial charge < -0.3 is 14.8 Å². The van der Waals surface area contributed by atoms with Crippen LogP contribution < -0.4 is 14.8 Å². The standard InChI is InChI=1S/C14H21NO3/c1-5-18-12-7-6-11(8-13(12)17-4)14(16)15-9-10(2)3/h6-8,10H,5,9H2,1-4H3,(H,15,16). The lowest BCUT2D eigenvalue weighted by atomic mass is 10.1. The fourth-order valence-corrected chi connectivity index (χ4v) is 1.48. The Balaban J connectivity index is 2.81. The Kier molecular flexibility index (Phi) is 5.49. The second-order valence-electron chi connectivity index (χ2n) is 4.40. The van der Waals surface area contributed by atoms with Crippen molar-refractivity contribution < 1.29 is 14.3 Å². The second-order valence-corrected chi connectivity index (χ2v) is 4.40. The molecule has 1 rings (SSSR count). The normalized spacial score (nSPS) is 10.3. The molecular weight excluding hydrogens is 230 g/mol. The highest BCUT2D eigenvalue weighted by Crippen LogP contribution is 2.27. The van der Waals surface area contributed by atoms with Gasteiger partial charge in [-0.15, -0.1) is 0 Å². The molecule has 100 valence electrons. The van der Waals surface area contributed by atoms with Crippen molar-refractivity contribution in [2.24, 2.45) is 5.92 Å². The molecule has 0 aliphatic heterocycles. The minimum absolute atomic E-state index is 0.0925. The molecule has 4 heteroatoms. The van der Waals surface area contributed by atoms with Gasteiger partial charge in [-0.25, -0.2) is 0 Å². The largest absolute Gasteiger partial charge is 0.493 e. The monoisotopic (exact) mass is 251 g/mol. The van der Waals surface area contributed by atoms with Crippen LogP contribution >= 0.6 is 0 Å². The van der Waals surface area contributed by atoms with Gasteiger partial charge in [0.1, 0.15) is 0 Å². The number of benzene rings is 1. The third kappa shape index (κ3) is 3.95. The Hall–Kier alpha value is -1.71. The summed E-state index contributed by atoms with van der Waals surface area (Å²) < 4.78 is 10.6. The SMILES string of the molecule is CCOc1ccc(C(=O)NCC(C)C)cc1OC. The number of ether oxygens (including phenoxy) is 2. The van der Waals surface area contributed by atoms with E-state index >= 15 is 0 Å². The minimum atomic E-state index is -0.0925. The Labute approximate surface area is 108 Å². The zero-order valence-electron chi connectivity index (χ0n) is 11.4. The number of hydrogen-bond acceptors (Lipinski definition) is 3. The summed E-state index contributed by atoms with van der Waals surface area (Å²) in [5, 5.41) is 2.87. The van der Waals surface area contributed by atoms with E-state index in [1.807, 2.05) is 6.92 Å². The maximum absolute atomic E-state index is 11.9. The molecule has 4 nitrogen and oxygen atoms in total. The summed E-state index contributed by atoms with van der Waals surface area (Å²) in [7, 11) is 1.56. The summed E-state index contributed by atoms with van der Waals surface area (Å²) in [4.78, 5) is 11.9. The fraction of sp³-hybridized carbons (Fsp3) is 0.500. The lowest BCUT2D eigenvalue weighted by Crippen LogP contribution is -2.27. The van der Waals surface area contributed by atoms with Gasteiger partial charge in [0, 0.05) is 12.1 Å². The number of amides is 1. The van der Waals surface area contributed by atoms with E-state index in [2.05, 4.69) is 19.2 Å². The number of hydrogen-bond donors (Lipinski definition) is 1. The van der Waals surface area contributed by atoms with Crippen LogP contribution in [0.4, 0.5) is 0 Å². The van der Waals surface area contributed by atoms with Crippen molar-refractivity contribution in [3.8, 4) is 11.5 Å². The molecule has 0 aliphatic rings. The molecular formula is C14H21NO3. The first-order valence-corrected chi connectivity index (χ1v) is 6.17. The molecule has 0 spiro atoms. The van der Waals surface area contributed by atoms with E-state index in [-0.39, 0.29) is 5.91 Å². The highest BCUT2D eigenvalue weighted by molar-refractivity contribution is 5.94. The predicted octanol–water partition coefficient (Wildman–Crippen LogP) is 2.48. The molecule has 1 N–H and O–H groups in total. The molecule has 0 radical (unpaired) electrons. The maximum atomic E-state index is 11.9. The van der Waals surface area contributed by atoms with Crippen molar-refractivity contribution in [3.05, 3.63) is 23.8 Å². The van der Waals surface area contributed by atoms with Crippen molar-refractivity contribution in [1.29, 1.82) is 0 Å². The van der Waals surface area contributed by atoms with Gasteiger partial charge in [-0.2, -0.15) is 0 Å². The molecule has 0 aromatic heterocycles. The van der Waals surface area contributed by atoms with Crippen molar-refractivity contribution >= 4 is 5.91 Å². The molecule has 0 aliphatic carbocycles. The van der Waals surface area contributed by atoms with Crippen molar-refractivity contribution in [1.82, 2.24) is 5.32 Å². The highest BCUT2D eigenvalue weighted by Gasteiger charge is 2.10. The first kappa shape index (κ1) is 14.4. The second kappa shape index (κ2) is 6.89. The summed E-state index contributed by atoms with van der Waals surface area (Å²) in [6.45, 7) is 7.24. The predicted molar refractivity (Wildman–Crippen MR) is 71.3 cm³/mol. The molecule has 1 aromatic carbocycles. The van der Waals surface area contributed by atoms with Gasteiger partial charge in [-0.1, -0.05) is 13.8 Å².